The maximum Gasteiger partial charge on any atom is 0.0435 e. The predicted molar refractivity (Wildman–Crippen MR) is 62.8 cm³/mol. The van der Waals surface area contributed by atoms with Gasteiger partial charge in [0.25, 0.3) is 0 Å². The molecule has 0 fully saturated rings. The first-order valence-corrected chi connectivity index (χ1v) is 5.39. The summed E-state index contributed by atoms with van der Waals surface area (Å²) >= 11 is 5.93. The summed E-state index contributed by atoms with van der Waals surface area (Å²) in [4.78, 5) is 2.24. The number of aryl methyl sites for hydroxylation is 1. The fourth-order valence-corrected chi connectivity index (χ4v) is 1.85. The van der Waals surface area contributed by atoms with Crippen LogP contribution in [-0.4, -0.2) is 23.9 Å². The van der Waals surface area contributed by atoms with Crippen molar-refractivity contribution >= 4 is 11.6 Å². The summed E-state index contributed by atoms with van der Waals surface area (Å²) in [6.07, 6.45) is 0. The van der Waals surface area contributed by atoms with Crippen molar-refractivity contribution in [3.05, 3.63) is 35.4 Å². The number of benzene rings is 1. The fraction of sp³-hybridized carbons (Fsp3) is 0.500. The molecule has 2 heteroatoms. The van der Waals surface area contributed by atoms with E-state index in [1.807, 2.05) is 6.92 Å². The topological polar surface area (TPSA) is 3.24 Å². The highest BCUT2D eigenvalue weighted by Gasteiger charge is 2.03. The molecule has 0 amide bonds. The van der Waals surface area contributed by atoms with Gasteiger partial charge in [-0.1, -0.05) is 29.8 Å². The van der Waals surface area contributed by atoms with Gasteiger partial charge in [0.1, 0.15) is 0 Å². The van der Waals surface area contributed by atoms with E-state index in [-0.39, 0.29) is 5.38 Å². The molecule has 78 valence electrons. The molecule has 1 unspecified atom stereocenters. The monoisotopic (exact) mass is 211 g/mol. The van der Waals surface area contributed by atoms with E-state index in [1.54, 1.807) is 0 Å². The highest BCUT2D eigenvalue weighted by Crippen LogP contribution is 2.07. The van der Waals surface area contributed by atoms with E-state index in [4.69, 9.17) is 11.6 Å². The van der Waals surface area contributed by atoms with Crippen LogP contribution in [0.25, 0.3) is 0 Å². The highest BCUT2D eigenvalue weighted by molar-refractivity contribution is 6.20. The van der Waals surface area contributed by atoms with E-state index in [2.05, 4.69) is 43.1 Å². The van der Waals surface area contributed by atoms with E-state index >= 15 is 0 Å². The molecule has 0 aromatic heterocycles. The molecule has 0 saturated heterocycles. The Morgan fingerprint density at radius 1 is 1.43 bits per heavy atom. The largest absolute Gasteiger partial charge is 0.301 e. The summed E-state index contributed by atoms with van der Waals surface area (Å²) < 4.78 is 0. The molecule has 1 aromatic carbocycles. The quantitative estimate of drug-likeness (QED) is 0.692. The van der Waals surface area contributed by atoms with Crippen LogP contribution in [0.4, 0.5) is 0 Å². The first-order chi connectivity index (χ1) is 6.58. The Balaban J connectivity index is 2.51. The van der Waals surface area contributed by atoms with E-state index in [0.717, 1.165) is 13.1 Å². The third-order valence-corrected chi connectivity index (χ3v) is 2.24. The Kier molecular flexibility index (Phi) is 4.43. The van der Waals surface area contributed by atoms with Crippen molar-refractivity contribution in [2.24, 2.45) is 0 Å². The average Bonchev–Trinajstić information content (AvgIpc) is 2.01. The molecule has 0 radical (unpaired) electrons. The van der Waals surface area contributed by atoms with Crippen molar-refractivity contribution in [2.75, 3.05) is 13.6 Å². The van der Waals surface area contributed by atoms with Gasteiger partial charge >= 0.3 is 0 Å². The van der Waals surface area contributed by atoms with Crippen LogP contribution in [0.3, 0.4) is 0 Å². The van der Waals surface area contributed by atoms with Gasteiger partial charge in [-0.25, -0.2) is 0 Å². The number of rotatable bonds is 4. The predicted octanol–water partition coefficient (Wildman–Crippen LogP) is 3.05. The summed E-state index contributed by atoms with van der Waals surface area (Å²) in [6, 6.07) is 8.59. The summed E-state index contributed by atoms with van der Waals surface area (Å²) in [7, 11) is 2.10. The standard InChI is InChI=1S/C12H18ClN/c1-10-5-4-6-12(7-10)9-14(3)8-11(2)13/h4-7,11H,8-9H2,1-3H3. The lowest BCUT2D eigenvalue weighted by Gasteiger charge is -2.18. The van der Waals surface area contributed by atoms with Crippen molar-refractivity contribution < 1.29 is 0 Å². The Morgan fingerprint density at radius 3 is 2.71 bits per heavy atom. The van der Waals surface area contributed by atoms with Crippen molar-refractivity contribution in [3.8, 4) is 0 Å². The zero-order valence-corrected chi connectivity index (χ0v) is 9.88. The maximum absolute atomic E-state index is 5.93. The van der Waals surface area contributed by atoms with Gasteiger partial charge in [-0.15, -0.1) is 11.6 Å². The maximum atomic E-state index is 5.93. The van der Waals surface area contributed by atoms with Crippen LogP contribution in [0, 0.1) is 6.92 Å². The van der Waals surface area contributed by atoms with Gasteiger partial charge in [0, 0.05) is 18.5 Å². The number of halogens is 1. The second kappa shape index (κ2) is 5.38. The molecule has 0 aliphatic carbocycles. The molecule has 0 aliphatic heterocycles. The lowest BCUT2D eigenvalue weighted by Crippen LogP contribution is -2.24. The van der Waals surface area contributed by atoms with Gasteiger partial charge in [0.2, 0.25) is 0 Å². The molecule has 14 heavy (non-hydrogen) atoms. The van der Waals surface area contributed by atoms with Gasteiger partial charge < -0.3 is 4.90 Å². The zero-order valence-electron chi connectivity index (χ0n) is 9.13. The second-order valence-electron chi connectivity index (χ2n) is 3.97. The van der Waals surface area contributed by atoms with Crippen LogP contribution >= 0.6 is 11.6 Å². The third-order valence-electron chi connectivity index (χ3n) is 2.10. The van der Waals surface area contributed by atoms with Crippen molar-refractivity contribution in [3.63, 3.8) is 0 Å². The summed E-state index contributed by atoms with van der Waals surface area (Å²) in [5.74, 6) is 0. The van der Waals surface area contributed by atoms with Crippen molar-refractivity contribution in [1.29, 1.82) is 0 Å². The molecular weight excluding hydrogens is 194 g/mol. The number of alkyl halides is 1. The van der Waals surface area contributed by atoms with Gasteiger partial charge in [-0.3, -0.25) is 0 Å². The first-order valence-electron chi connectivity index (χ1n) is 4.96. The normalized spacial score (nSPS) is 13.2. The molecule has 1 aromatic rings. The van der Waals surface area contributed by atoms with Gasteiger partial charge in [0.05, 0.1) is 0 Å². The minimum Gasteiger partial charge on any atom is -0.301 e. The summed E-state index contributed by atoms with van der Waals surface area (Å²) in [5.41, 5.74) is 2.67. The van der Waals surface area contributed by atoms with E-state index < -0.39 is 0 Å². The third kappa shape index (κ3) is 4.12. The van der Waals surface area contributed by atoms with E-state index in [0.29, 0.717) is 0 Å². The Morgan fingerprint density at radius 2 is 2.14 bits per heavy atom. The number of nitrogens with zero attached hydrogens (tertiary/aromatic N) is 1. The van der Waals surface area contributed by atoms with Gasteiger partial charge in [0.15, 0.2) is 0 Å². The molecule has 0 heterocycles. The van der Waals surface area contributed by atoms with E-state index in [1.165, 1.54) is 11.1 Å². The van der Waals surface area contributed by atoms with Crippen LogP contribution < -0.4 is 0 Å². The zero-order chi connectivity index (χ0) is 10.6. The molecular formula is C12H18ClN. The highest BCUT2D eigenvalue weighted by atomic mass is 35.5. The minimum absolute atomic E-state index is 0.213. The minimum atomic E-state index is 0.213. The number of hydrogen-bond acceptors (Lipinski definition) is 1. The second-order valence-corrected chi connectivity index (χ2v) is 4.71. The molecule has 1 nitrogen and oxygen atoms in total. The lowest BCUT2D eigenvalue weighted by atomic mass is 10.1. The Bertz CT molecular complexity index is 283. The SMILES string of the molecule is Cc1cccc(CN(C)CC(C)Cl)c1. The Labute approximate surface area is 91.7 Å². The smallest absolute Gasteiger partial charge is 0.0435 e. The van der Waals surface area contributed by atoms with Crippen LogP contribution in [0.5, 0.6) is 0 Å². The molecule has 0 aliphatic rings. The lowest BCUT2D eigenvalue weighted by molar-refractivity contribution is 0.330. The molecule has 0 spiro atoms. The van der Waals surface area contributed by atoms with Crippen LogP contribution in [-0.2, 0) is 6.54 Å². The molecule has 0 N–H and O–H groups in total. The van der Waals surface area contributed by atoms with Gasteiger partial charge in [-0.05, 0) is 26.5 Å². The van der Waals surface area contributed by atoms with E-state index in [9.17, 15) is 0 Å². The first kappa shape index (κ1) is 11.5. The summed E-state index contributed by atoms with van der Waals surface area (Å²) in [6.45, 7) is 6.04. The molecule has 0 saturated carbocycles. The van der Waals surface area contributed by atoms with Crippen LogP contribution in [0.15, 0.2) is 24.3 Å². The van der Waals surface area contributed by atoms with Crippen molar-refractivity contribution in [1.82, 2.24) is 4.90 Å². The van der Waals surface area contributed by atoms with Crippen LogP contribution in [0.1, 0.15) is 18.1 Å². The Hall–Kier alpha value is -0.530. The van der Waals surface area contributed by atoms with Crippen LogP contribution in [0.2, 0.25) is 0 Å². The fourth-order valence-electron chi connectivity index (χ4n) is 1.62. The molecule has 0 bridgehead atoms. The molecule has 1 rings (SSSR count). The average molecular weight is 212 g/mol. The number of hydrogen-bond donors (Lipinski definition) is 0. The summed E-state index contributed by atoms with van der Waals surface area (Å²) in [5, 5.41) is 0.213. The van der Waals surface area contributed by atoms with Gasteiger partial charge in [-0.2, -0.15) is 0 Å². The molecule has 1 atom stereocenters. The van der Waals surface area contributed by atoms with Crippen molar-refractivity contribution in [2.45, 2.75) is 25.8 Å².